The summed E-state index contributed by atoms with van der Waals surface area (Å²) in [5.74, 6) is 0.0994. The van der Waals surface area contributed by atoms with Crippen molar-refractivity contribution < 1.29 is 14.3 Å². The maximum Gasteiger partial charge on any atom is 0.310 e. The Morgan fingerprint density at radius 1 is 1.21 bits per heavy atom. The number of rotatable bonds is 3. The molecule has 108 valence electrons. The van der Waals surface area contributed by atoms with Gasteiger partial charge in [-0.25, -0.2) is 0 Å². The summed E-state index contributed by atoms with van der Waals surface area (Å²) in [7, 11) is 0. The molecule has 2 rings (SSSR count). The van der Waals surface area contributed by atoms with Gasteiger partial charge in [-0.3, -0.25) is 9.59 Å². The van der Waals surface area contributed by atoms with Gasteiger partial charge in [0.05, 0.1) is 12.5 Å². The number of nitrogens with one attached hydrogen (secondary N) is 1. The number of likely N-dealkylation sites (tertiary alicyclic amines) is 1. The predicted octanol–water partition coefficient (Wildman–Crippen LogP) is 0.788. The van der Waals surface area contributed by atoms with Crippen LogP contribution in [-0.4, -0.2) is 49.6 Å². The van der Waals surface area contributed by atoms with E-state index in [0.717, 1.165) is 45.3 Å². The third kappa shape index (κ3) is 3.69. The SMILES string of the molecule is CCOC(=O)[C@@H]1CCCN(C(=O)C2CCNCC2)C1. The number of hydrogen-bond donors (Lipinski definition) is 1. The summed E-state index contributed by atoms with van der Waals surface area (Å²) >= 11 is 0. The van der Waals surface area contributed by atoms with Crippen LogP contribution in [0, 0.1) is 11.8 Å². The number of ether oxygens (including phenoxy) is 1. The molecular formula is C14H24N2O3. The highest BCUT2D eigenvalue weighted by Gasteiger charge is 2.32. The van der Waals surface area contributed by atoms with Gasteiger partial charge in [0.2, 0.25) is 5.91 Å². The molecule has 0 bridgehead atoms. The van der Waals surface area contributed by atoms with Crippen molar-refractivity contribution in [1.29, 1.82) is 0 Å². The summed E-state index contributed by atoms with van der Waals surface area (Å²) < 4.78 is 5.07. The van der Waals surface area contributed by atoms with Gasteiger partial charge in [-0.2, -0.15) is 0 Å². The van der Waals surface area contributed by atoms with E-state index in [1.807, 2.05) is 11.8 Å². The van der Waals surface area contributed by atoms with E-state index >= 15 is 0 Å². The van der Waals surface area contributed by atoms with Crippen LogP contribution in [0.15, 0.2) is 0 Å². The molecule has 2 saturated heterocycles. The zero-order valence-corrected chi connectivity index (χ0v) is 11.7. The van der Waals surface area contributed by atoms with Crippen molar-refractivity contribution in [2.75, 3.05) is 32.8 Å². The molecule has 0 aromatic carbocycles. The zero-order valence-electron chi connectivity index (χ0n) is 11.7. The predicted molar refractivity (Wildman–Crippen MR) is 71.5 cm³/mol. The standard InChI is InChI=1S/C14H24N2O3/c1-2-19-14(18)12-4-3-9-16(10-12)13(17)11-5-7-15-8-6-11/h11-12,15H,2-10H2,1H3/t12-/m1/s1. The fourth-order valence-corrected chi connectivity index (χ4v) is 2.96. The second-order valence-electron chi connectivity index (χ2n) is 5.40. The molecule has 1 N–H and O–H groups in total. The summed E-state index contributed by atoms with van der Waals surface area (Å²) in [5, 5.41) is 3.27. The van der Waals surface area contributed by atoms with E-state index in [-0.39, 0.29) is 23.7 Å². The van der Waals surface area contributed by atoms with Crippen LogP contribution in [0.5, 0.6) is 0 Å². The highest BCUT2D eigenvalue weighted by atomic mass is 16.5. The number of piperidine rings is 2. The van der Waals surface area contributed by atoms with E-state index in [0.29, 0.717) is 13.2 Å². The lowest BCUT2D eigenvalue weighted by atomic mass is 9.93. The van der Waals surface area contributed by atoms with Gasteiger partial charge in [0, 0.05) is 19.0 Å². The van der Waals surface area contributed by atoms with Gasteiger partial charge in [-0.1, -0.05) is 0 Å². The lowest BCUT2D eigenvalue weighted by molar-refractivity contribution is -0.152. The molecule has 0 aliphatic carbocycles. The van der Waals surface area contributed by atoms with Crippen LogP contribution in [-0.2, 0) is 14.3 Å². The van der Waals surface area contributed by atoms with E-state index < -0.39 is 0 Å². The summed E-state index contributed by atoms with van der Waals surface area (Å²) in [5.41, 5.74) is 0. The van der Waals surface area contributed by atoms with Gasteiger partial charge in [0.1, 0.15) is 0 Å². The van der Waals surface area contributed by atoms with Crippen LogP contribution in [0.25, 0.3) is 0 Å². The Labute approximate surface area is 114 Å². The zero-order chi connectivity index (χ0) is 13.7. The Morgan fingerprint density at radius 3 is 2.63 bits per heavy atom. The summed E-state index contributed by atoms with van der Waals surface area (Å²) in [4.78, 5) is 26.1. The van der Waals surface area contributed by atoms with E-state index in [9.17, 15) is 9.59 Å². The van der Waals surface area contributed by atoms with E-state index in [4.69, 9.17) is 4.74 Å². The number of carbonyl (C=O) groups excluding carboxylic acids is 2. The first kappa shape index (κ1) is 14.3. The fraction of sp³-hybridized carbons (Fsp3) is 0.857. The van der Waals surface area contributed by atoms with Gasteiger partial charge in [0.25, 0.3) is 0 Å². The van der Waals surface area contributed by atoms with Crippen LogP contribution in [0.4, 0.5) is 0 Å². The number of nitrogens with zero attached hydrogens (tertiary/aromatic N) is 1. The number of esters is 1. The Balaban J connectivity index is 1.89. The van der Waals surface area contributed by atoms with Gasteiger partial charge in [0.15, 0.2) is 0 Å². The normalized spacial score (nSPS) is 25.1. The van der Waals surface area contributed by atoms with Crippen molar-refractivity contribution in [3.8, 4) is 0 Å². The second kappa shape index (κ2) is 6.89. The molecule has 0 radical (unpaired) electrons. The van der Waals surface area contributed by atoms with Gasteiger partial charge in [-0.15, -0.1) is 0 Å². The largest absolute Gasteiger partial charge is 0.466 e. The van der Waals surface area contributed by atoms with Gasteiger partial charge in [-0.05, 0) is 45.7 Å². The molecule has 0 aromatic heterocycles. The molecule has 0 spiro atoms. The molecule has 1 amide bonds. The highest BCUT2D eigenvalue weighted by Crippen LogP contribution is 2.22. The minimum atomic E-state index is -0.148. The smallest absolute Gasteiger partial charge is 0.310 e. The summed E-state index contributed by atoms with van der Waals surface area (Å²) in [6.45, 7) is 5.41. The molecule has 1 atom stereocenters. The maximum atomic E-state index is 12.4. The molecule has 19 heavy (non-hydrogen) atoms. The second-order valence-corrected chi connectivity index (χ2v) is 5.40. The van der Waals surface area contributed by atoms with Crippen LogP contribution >= 0.6 is 0 Å². The topological polar surface area (TPSA) is 58.6 Å². The molecular weight excluding hydrogens is 244 g/mol. The van der Waals surface area contributed by atoms with Crippen molar-refractivity contribution in [3.63, 3.8) is 0 Å². The number of amides is 1. The molecule has 2 aliphatic rings. The monoisotopic (exact) mass is 268 g/mol. The first-order valence-corrected chi connectivity index (χ1v) is 7.38. The average molecular weight is 268 g/mol. The van der Waals surface area contributed by atoms with Crippen molar-refractivity contribution in [2.24, 2.45) is 11.8 Å². The molecule has 5 heteroatoms. The molecule has 2 heterocycles. The molecule has 2 fully saturated rings. The quantitative estimate of drug-likeness (QED) is 0.769. The first-order valence-electron chi connectivity index (χ1n) is 7.38. The van der Waals surface area contributed by atoms with Gasteiger partial charge < -0.3 is 15.0 Å². The van der Waals surface area contributed by atoms with Crippen LogP contribution in [0.3, 0.4) is 0 Å². The van der Waals surface area contributed by atoms with Crippen LogP contribution in [0.2, 0.25) is 0 Å². The van der Waals surface area contributed by atoms with E-state index in [1.165, 1.54) is 0 Å². The maximum absolute atomic E-state index is 12.4. The number of hydrogen-bond acceptors (Lipinski definition) is 4. The molecule has 5 nitrogen and oxygen atoms in total. The Morgan fingerprint density at radius 2 is 1.95 bits per heavy atom. The Kier molecular flexibility index (Phi) is 5.19. The Bertz CT molecular complexity index is 327. The molecule has 0 unspecified atom stereocenters. The number of carbonyl (C=O) groups is 2. The molecule has 0 saturated carbocycles. The first-order chi connectivity index (χ1) is 9.22. The van der Waals surface area contributed by atoms with Gasteiger partial charge >= 0.3 is 5.97 Å². The summed E-state index contributed by atoms with van der Waals surface area (Å²) in [6, 6.07) is 0. The van der Waals surface area contributed by atoms with Crippen LogP contribution < -0.4 is 5.32 Å². The van der Waals surface area contributed by atoms with E-state index in [1.54, 1.807) is 0 Å². The minimum absolute atomic E-state index is 0.126. The summed E-state index contributed by atoms with van der Waals surface area (Å²) in [6.07, 6.45) is 3.58. The molecule has 0 aromatic rings. The van der Waals surface area contributed by atoms with E-state index in [2.05, 4.69) is 5.32 Å². The average Bonchev–Trinajstić information content (AvgIpc) is 2.48. The third-order valence-corrected chi connectivity index (χ3v) is 4.04. The minimum Gasteiger partial charge on any atom is -0.466 e. The third-order valence-electron chi connectivity index (χ3n) is 4.04. The lowest BCUT2D eigenvalue weighted by Crippen LogP contribution is -2.47. The van der Waals surface area contributed by atoms with Crippen LogP contribution in [0.1, 0.15) is 32.6 Å². The van der Waals surface area contributed by atoms with Crippen molar-refractivity contribution in [1.82, 2.24) is 10.2 Å². The fourth-order valence-electron chi connectivity index (χ4n) is 2.96. The highest BCUT2D eigenvalue weighted by molar-refractivity contribution is 5.80. The Hall–Kier alpha value is -1.10. The van der Waals surface area contributed by atoms with Crippen molar-refractivity contribution in [2.45, 2.75) is 32.6 Å². The lowest BCUT2D eigenvalue weighted by Gasteiger charge is -2.35. The molecule has 2 aliphatic heterocycles. The van der Waals surface area contributed by atoms with Crippen molar-refractivity contribution >= 4 is 11.9 Å². The van der Waals surface area contributed by atoms with Crippen molar-refractivity contribution in [3.05, 3.63) is 0 Å².